The Bertz CT molecular complexity index is 758. The van der Waals surface area contributed by atoms with Crippen molar-refractivity contribution in [2.75, 3.05) is 39.3 Å². The standard InChI is InChI=1S/C21H29ClN4O3/c1-3-17-19(20(27)29-4-2)18(24-21(28)23-17)14-26-11-9-25(10-12-26)13-15-5-7-16(22)8-6-15/h5-8,17H,3-4,9-14H2,1-2H3,(H2,23,24,28). The van der Waals surface area contributed by atoms with E-state index in [2.05, 4.69) is 32.6 Å². The minimum absolute atomic E-state index is 0.263. The minimum Gasteiger partial charge on any atom is -0.463 e. The molecule has 2 aliphatic rings. The molecule has 2 N–H and O–H groups in total. The second-order valence-electron chi connectivity index (χ2n) is 7.35. The number of nitrogens with zero attached hydrogens (tertiary/aromatic N) is 2. The van der Waals surface area contributed by atoms with Gasteiger partial charge in [0.15, 0.2) is 0 Å². The van der Waals surface area contributed by atoms with Crippen molar-refractivity contribution in [2.24, 2.45) is 0 Å². The lowest BCUT2D eigenvalue weighted by atomic mass is 10.00. The maximum Gasteiger partial charge on any atom is 0.337 e. The largest absolute Gasteiger partial charge is 0.463 e. The summed E-state index contributed by atoms with van der Waals surface area (Å²) >= 11 is 5.96. The van der Waals surface area contributed by atoms with E-state index in [1.54, 1.807) is 6.92 Å². The second-order valence-corrected chi connectivity index (χ2v) is 7.79. The monoisotopic (exact) mass is 420 g/mol. The first-order valence-electron chi connectivity index (χ1n) is 10.2. The van der Waals surface area contributed by atoms with E-state index in [1.807, 2.05) is 19.1 Å². The number of carbonyl (C=O) groups is 2. The fourth-order valence-corrected chi connectivity index (χ4v) is 3.89. The van der Waals surface area contributed by atoms with E-state index in [0.717, 1.165) is 37.7 Å². The molecular weight excluding hydrogens is 392 g/mol. The summed E-state index contributed by atoms with van der Waals surface area (Å²) in [6.45, 7) is 9.05. The molecule has 7 nitrogen and oxygen atoms in total. The number of hydrogen-bond acceptors (Lipinski definition) is 5. The number of nitrogens with one attached hydrogen (secondary N) is 2. The molecule has 1 aromatic rings. The van der Waals surface area contributed by atoms with E-state index < -0.39 is 0 Å². The number of ether oxygens (including phenoxy) is 1. The van der Waals surface area contributed by atoms with Crippen molar-refractivity contribution < 1.29 is 14.3 Å². The van der Waals surface area contributed by atoms with Gasteiger partial charge >= 0.3 is 12.0 Å². The van der Waals surface area contributed by atoms with Crippen LogP contribution in [0, 0.1) is 0 Å². The van der Waals surface area contributed by atoms with Gasteiger partial charge in [0.2, 0.25) is 0 Å². The summed E-state index contributed by atoms with van der Waals surface area (Å²) < 4.78 is 5.24. The van der Waals surface area contributed by atoms with Crippen molar-refractivity contribution in [1.29, 1.82) is 0 Å². The number of halogens is 1. The average molecular weight is 421 g/mol. The molecular formula is C21H29ClN4O3. The van der Waals surface area contributed by atoms with Gasteiger partial charge in [-0.25, -0.2) is 9.59 Å². The van der Waals surface area contributed by atoms with Crippen molar-refractivity contribution in [2.45, 2.75) is 32.9 Å². The Morgan fingerprint density at radius 2 is 1.72 bits per heavy atom. The van der Waals surface area contributed by atoms with Crippen molar-refractivity contribution in [3.8, 4) is 0 Å². The van der Waals surface area contributed by atoms with E-state index in [4.69, 9.17) is 16.3 Å². The Morgan fingerprint density at radius 3 is 2.31 bits per heavy atom. The molecule has 1 saturated heterocycles. The van der Waals surface area contributed by atoms with Crippen molar-refractivity contribution >= 4 is 23.6 Å². The number of benzene rings is 1. The Hall–Kier alpha value is -2.09. The highest BCUT2D eigenvalue weighted by atomic mass is 35.5. The summed E-state index contributed by atoms with van der Waals surface area (Å²) in [6.07, 6.45) is 0.639. The molecule has 0 radical (unpaired) electrons. The Balaban J connectivity index is 1.62. The van der Waals surface area contributed by atoms with Crippen LogP contribution in [0.3, 0.4) is 0 Å². The number of hydrogen-bond donors (Lipinski definition) is 2. The van der Waals surface area contributed by atoms with Gasteiger partial charge in [-0.05, 0) is 31.0 Å². The number of rotatable bonds is 7. The Kier molecular flexibility index (Phi) is 7.52. The van der Waals surface area contributed by atoms with Crippen LogP contribution in [-0.4, -0.2) is 67.2 Å². The second kappa shape index (κ2) is 10.1. The topological polar surface area (TPSA) is 73.9 Å². The Labute approximate surface area is 177 Å². The van der Waals surface area contributed by atoms with Gasteiger partial charge in [0, 0.05) is 50.0 Å². The number of urea groups is 1. The van der Waals surface area contributed by atoms with Crippen LogP contribution in [0.4, 0.5) is 4.79 Å². The third-order valence-corrected chi connectivity index (χ3v) is 5.56. The maximum absolute atomic E-state index is 12.5. The third-order valence-electron chi connectivity index (χ3n) is 5.31. The van der Waals surface area contributed by atoms with Crippen LogP contribution in [0.1, 0.15) is 25.8 Å². The highest BCUT2D eigenvalue weighted by Crippen LogP contribution is 2.19. The van der Waals surface area contributed by atoms with Crippen molar-refractivity contribution in [3.63, 3.8) is 0 Å². The molecule has 2 heterocycles. The van der Waals surface area contributed by atoms with Crippen LogP contribution in [0.25, 0.3) is 0 Å². The lowest BCUT2D eigenvalue weighted by molar-refractivity contribution is -0.139. The van der Waals surface area contributed by atoms with Gasteiger partial charge in [0.1, 0.15) is 0 Å². The first-order chi connectivity index (χ1) is 14.0. The smallest absolute Gasteiger partial charge is 0.337 e. The zero-order valence-corrected chi connectivity index (χ0v) is 17.8. The number of carbonyl (C=O) groups excluding carboxylic acids is 2. The molecule has 3 rings (SSSR count). The summed E-state index contributed by atoms with van der Waals surface area (Å²) in [6, 6.07) is 7.37. The normalized spacial score (nSPS) is 20.9. The molecule has 158 valence electrons. The van der Waals surface area contributed by atoms with Crippen LogP contribution < -0.4 is 10.6 Å². The summed E-state index contributed by atoms with van der Waals surface area (Å²) in [5, 5.41) is 6.40. The molecule has 1 aromatic carbocycles. The van der Waals surface area contributed by atoms with Crippen LogP contribution in [0.2, 0.25) is 5.02 Å². The predicted octanol–water partition coefficient (Wildman–Crippen LogP) is 2.37. The van der Waals surface area contributed by atoms with Crippen LogP contribution in [-0.2, 0) is 16.1 Å². The maximum atomic E-state index is 12.5. The predicted molar refractivity (Wildman–Crippen MR) is 113 cm³/mol. The molecule has 1 unspecified atom stereocenters. The van der Waals surface area contributed by atoms with Gasteiger partial charge < -0.3 is 15.4 Å². The molecule has 2 amide bonds. The van der Waals surface area contributed by atoms with Gasteiger partial charge in [-0.15, -0.1) is 0 Å². The highest BCUT2D eigenvalue weighted by molar-refractivity contribution is 6.30. The van der Waals surface area contributed by atoms with Crippen LogP contribution in [0.5, 0.6) is 0 Å². The fraction of sp³-hybridized carbons (Fsp3) is 0.524. The average Bonchev–Trinajstić information content (AvgIpc) is 2.70. The highest BCUT2D eigenvalue weighted by Gasteiger charge is 2.32. The summed E-state index contributed by atoms with van der Waals surface area (Å²) in [5.41, 5.74) is 2.44. The molecule has 0 saturated carbocycles. The third kappa shape index (κ3) is 5.72. The zero-order valence-electron chi connectivity index (χ0n) is 17.0. The zero-order chi connectivity index (χ0) is 20.8. The van der Waals surface area contributed by atoms with Gasteiger partial charge in [-0.3, -0.25) is 9.80 Å². The van der Waals surface area contributed by atoms with E-state index in [9.17, 15) is 9.59 Å². The van der Waals surface area contributed by atoms with Crippen molar-refractivity contribution in [1.82, 2.24) is 20.4 Å². The number of esters is 1. The van der Waals surface area contributed by atoms with Gasteiger partial charge in [0.25, 0.3) is 0 Å². The van der Waals surface area contributed by atoms with Gasteiger partial charge in [-0.1, -0.05) is 30.7 Å². The van der Waals surface area contributed by atoms with Crippen LogP contribution in [0.15, 0.2) is 35.5 Å². The molecule has 1 fully saturated rings. The lowest BCUT2D eigenvalue weighted by Crippen LogP contribution is -2.53. The number of piperazine rings is 1. The van der Waals surface area contributed by atoms with E-state index in [0.29, 0.717) is 30.8 Å². The van der Waals surface area contributed by atoms with Crippen LogP contribution >= 0.6 is 11.6 Å². The SMILES string of the molecule is CCOC(=O)C1=C(CN2CCN(Cc3ccc(Cl)cc3)CC2)NC(=O)NC1CC. The van der Waals surface area contributed by atoms with Gasteiger partial charge in [0.05, 0.1) is 18.2 Å². The van der Waals surface area contributed by atoms with E-state index >= 15 is 0 Å². The molecule has 8 heteroatoms. The summed E-state index contributed by atoms with van der Waals surface area (Å²) in [4.78, 5) is 29.2. The molecule has 0 aromatic heterocycles. The quantitative estimate of drug-likeness (QED) is 0.662. The van der Waals surface area contributed by atoms with E-state index in [-0.39, 0.29) is 18.0 Å². The summed E-state index contributed by atoms with van der Waals surface area (Å²) in [5.74, 6) is -0.358. The first-order valence-corrected chi connectivity index (χ1v) is 10.5. The van der Waals surface area contributed by atoms with E-state index in [1.165, 1.54) is 5.56 Å². The molecule has 1 atom stereocenters. The van der Waals surface area contributed by atoms with Crippen molar-refractivity contribution in [3.05, 3.63) is 46.1 Å². The molecule has 2 aliphatic heterocycles. The summed E-state index contributed by atoms with van der Waals surface area (Å²) in [7, 11) is 0. The Morgan fingerprint density at radius 1 is 1.10 bits per heavy atom. The lowest BCUT2D eigenvalue weighted by Gasteiger charge is -2.37. The number of amides is 2. The first kappa shape index (κ1) is 21.6. The van der Waals surface area contributed by atoms with Gasteiger partial charge in [-0.2, -0.15) is 0 Å². The molecule has 29 heavy (non-hydrogen) atoms. The molecule has 0 aliphatic carbocycles. The minimum atomic E-state index is -0.358. The molecule has 0 bridgehead atoms. The molecule has 0 spiro atoms. The fourth-order valence-electron chi connectivity index (χ4n) is 3.76.